The standard InChI is InChI=1S/C25H31ClN4OSi/c1-16-8-13-22-20(14-16)23(18-9-11-19(26)12-10-18)27-21(24-29-28-17(2)30(22)24)15-31-32(6,7)25(3,4)5/h8-14,21H,15H2,1-7H3/t21-/m0/s1. The van der Waals surface area contributed by atoms with Crippen molar-refractivity contribution in [3.05, 3.63) is 75.8 Å². The first-order valence-electron chi connectivity index (χ1n) is 11.0. The fourth-order valence-electron chi connectivity index (χ4n) is 3.66. The Labute approximate surface area is 196 Å². The molecule has 7 heteroatoms. The third kappa shape index (κ3) is 4.19. The molecular weight excluding hydrogens is 436 g/mol. The van der Waals surface area contributed by atoms with Crippen molar-refractivity contribution in [2.75, 3.05) is 6.61 Å². The van der Waals surface area contributed by atoms with Gasteiger partial charge >= 0.3 is 0 Å². The molecule has 0 N–H and O–H groups in total. The summed E-state index contributed by atoms with van der Waals surface area (Å²) in [5.74, 6) is 1.66. The topological polar surface area (TPSA) is 52.3 Å². The molecule has 32 heavy (non-hydrogen) atoms. The van der Waals surface area contributed by atoms with E-state index in [9.17, 15) is 0 Å². The van der Waals surface area contributed by atoms with E-state index in [1.807, 2.05) is 31.2 Å². The molecule has 0 bridgehead atoms. The van der Waals surface area contributed by atoms with Gasteiger partial charge in [0.15, 0.2) is 14.1 Å². The molecule has 0 aliphatic carbocycles. The van der Waals surface area contributed by atoms with Crippen LogP contribution in [-0.4, -0.2) is 35.4 Å². The zero-order chi connectivity index (χ0) is 23.3. The number of aliphatic imine (C=N–C) groups is 1. The van der Waals surface area contributed by atoms with Gasteiger partial charge in [0.25, 0.3) is 0 Å². The minimum Gasteiger partial charge on any atom is -0.414 e. The van der Waals surface area contributed by atoms with E-state index in [0.29, 0.717) is 11.6 Å². The molecule has 0 saturated heterocycles. The van der Waals surface area contributed by atoms with Crippen molar-refractivity contribution in [2.45, 2.75) is 58.8 Å². The zero-order valence-corrected chi connectivity index (χ0v) is 21.7. The van der Waals surface area contributed by atoms with Crippen molar-refractivity contribution >= 4 is 25.6 Å². The van der Waals surface area contributed by atoms with Gasteiger partial charge in [0.05, 0.1) is 18.0 Å². The van der Waals surface area contributed by atoms with Crippen LogP contribution in [0.15, 0.2) is 47.5 Å². The maximum Gasteiger partial charge on any atom is 0.192 e. The summed E-state index contributed by atoms with van der Waals surface area (Å²) in [5.41, 5.74) is 5.22. The Balaban J connectivity index is 1.88. The molecule has 5 nitrogen and oxygen atoms in total. The molecule has 2 heterocycles. The van der Waals surface area contributed by atoms with Crippen LogP contribution in [-0.2, 0) is 4.43 Å². The number of nitrogens with zero attached hydrogens (tertiary/aromatic N) is 4. The minimum absolute atomic E-state index is 0.115. The lowest BCUT2D eigenvalue weighted by molar-refractivity contribution is 0.261. The fraction of sp³-hybridized carbons (Fsp3) is 0.400. The van der Waals surface area contributed by atoms with Gasteiger partial charge < -0.3 is 4.43 Å². The van der Waals surface area contributed by atoms with Gasteiger partial charge in [-0.05, 0) is 56.2 Å². The van der Waals surface area contributed by atoms with Crippen LogP contribution >= 0.6 is 11.6 Å². The Kier molecular flexibility index (Phi) is 5.90. The maximum absolute atomic E-state index is 6.61. The van der Waals surface area contributed by atoms with E-state index in [4.69, 9.17) is 21.0 Å². The lowest BCUT2D eigenvalue weighted by Gasteiger charge is -2.36. The third-order valence-electron chi connectivity index (χ3n) is 6.61. The van der Waals surface area contributed by atoms with Crippen LogP contribution in [0.4, 0.5) is 0 Å². The van der Waals surface area contributed by atoms with Crippen molar-refractivity contribution in [2.24, 2.45) is 4.99 Å². The second-order valence-corrected chi connectivity index (χ2v) is 15.3. The first-order valence-corrected chi connectivity index (χ1v) is 14.3. The number of halogens is 1. The molecular formula is C25H31ClN4OSi. The second kappa shape index (κ2) is 8.25. The van der Waals surface area contributed by atoms with Gasteiger partial charge in [-0.2, -0.15) is 0 Å². The van der Waals surface area contributed by atoms with Gasteiger partial charge in [0, 0.05) is 16.1 Å². The Morgan fingerprint density at radius 2 is 1.72 bits per heavy atom. The molecule has 0 amide bonds. The largest absolute Gasteiger partial charge is 0.414 e. The number of rotatable bonds is 4. The molecule has 0 unspecified atom stereocenters. The Hall–Kier alpha value is -2.28. The van der Waals surface area contributed by atoms with Gasteiger partial charge in [0.1, 0.15) is 11.9 Å². The summed E-state index contributed by atoms with van der Waals surface area (Å²) >= 11 is 6.18. The average molecular weight is 467 g/mol. The lowest BCUT2D eigenvalue weighted by atomic mass is 9.98. The van der Waals surface area contributed by atoms with Gasteiger partial charge in [-0.25, -0.2) is 0 Å². The Bertz CT molecular complexity index is 1180. The molecule has 3 aromatic rings. The van der Waals surface area contributed by atoms with Gasteiger partial charge in [-0.1, -0.05) is 56.1 Å². The predicted molar refractivity (Wildman–Crippen MR) is 134 cm³/mol. The summed E-state index contributed by atoms with van der Waals surface area (Å²) in [6.07, 6.45) is 0. The number of benzene rings is 2. The summed E-state index contributed by atoms with van der Waals surface area (Å²) in [7, 11) is -1.96. The number of fused-ring (bicyclic) bond motifs is 3. The summed E-state index contributed by atoms with van der Waals surface area (Å²) in [6.45, 7) is 15.8. The van der Waals surface area contributed by atoms with Crippen LogP contribution in [0.1, 0.15) is 55.2 Å². The highest BCUT2D eigenvalue weighted by atomic mass is 35.5. The van der Waals surface area contributed by atoms with Gasteiger partial charge in [0.2, 0.25) is 0 Å². The van der Waals surface area contributed by atoms with E-state index in [1.165, 1.54) is 5.56 Å². The van der Waals surface area contributed by atoms with Crippen molar-refractivity contribution in [1.29, 1.82) is 0 Å². The highest BCUT2D eigenvalue weighted by Crippen LogP contribution is 2.38. The van der Waals surface area contributed by atoms with Crippen LogP contribution in [0.3, 0.4) is 0 Å². The monoisotopic (exact) mass is 466 g/mol. The van der Waals surface area contributed by atoms with E-state index in [1.54, 1.807) is 0 Å². The van der Waals surface area contributed by atoms with Gasteiger partial charge in [-0.15, -0.1) is 10.2 Å². The second-order valence-electron chi connectivity index (χ2n) is 10.0. The number of hydrogen-bond acceptors (Lipinski definition) is 4. The molecule has 0 radical (unpaired) electrons. The molecule has 0 fully saturated rings. The minimum atomic E-state index is -1.96. The molecule has 1 aromatic heterocycles. The van der Waals surface area contributed by atoms with Crippen LogP contribution < -0.4 is 0 Å². The van der Waals surface area contributed by atoms with Crippen molar-refractivity contribution < 1.29 is 4.43 Å². The lowest BCUT2D eigenvalue weighted by Crippen LogP contribution is -2.41. The fourth-order valence-corrected chi connectivity index (χ4v) is 4.80. The molecule has 1 atom stereocenters. The first-order chi connectivity index (χ1) is 15.0. The highest BCUT2D eigenvalue weighted by molar-refractivity contribution is 6.74. The normalized spacial score (nSPS) is 16.2. The highest BCUT2D eigenvalue weighted by Gasteiger charge is 2.38. The molecule has 1 aliphatic heterocycles. The number of hydrogen-bond donors (Lipinski definition) is 0. The van der Waals surface area contributed by atoms with E-state index < -0.39 is 8.32 Å². The van der Waals surface area contributed by atoms with Crippen LogP contribution in [0.2, 0.25) is 23.2 Å². The SMILES string of the molecule is Cc1ccc2c(c1)C(c1ccc(Cl)cc1)=N[C@@H](CO[Si](C)(C)C(C)(C)C)c1nnc(C)n1-2. The molecule has 168 valence electrons. The smallest absolute Gasteiger partial charge is 0.192 e. The predicted octanol–water partition coefficient (Wildman–Crippen LogP) is 6.45. The Morgan fingerprint density at radius 1 is 1.03 bits per heavy atom. The molecule has 2 aromatic carbocycles. The van der Waals surface area contributed by atoms with Crippen LogP contribution in [0.5, 0.6) is 0 Å². The Morgan fingerprint density at radius 3 is 2.38 bits per heavy atom. The summed E-state index contributed by atoms with van der Waals surface area (Å²) < 4.78 is 8.74. The summed E-state index contributed by atoms with van der Waals surface area (Å²) in [6, 6.07) is 14.0. The number of aromatic nitrogens is 3. The molecule has 0 spiro atoms. The summed E-state index contributed by atoms with van der Waals surface area (Å²) in [4.78, 5) is 5.25. The van der Waals surface area contributed by atoms with Crippen molar-refractivity contribution in [3.8, 4) is 5.69 Å². The maximum atomic E-state index is 6.61. The third-order valence-corrected chi connectivity index (χ3v) is 11.4. The quantitative estimate of drug-likeness (QED) is 0.415. The van der Waals surface area contributed by atoms with E-state index in [0.717, 1.165) is 34.2 Å². The zero-order valence-electron chi connectivity index (χ0n) is 19.9. The van der Waals surface area contributed by atoms with E-state index >= 15 is 0 Å². The molecule has 1 aliphatic rings. The van der Waals surface area contributed by atoms with E-state index in [-0.39, 0.29) is 11.1 Å². The molecule has 4 rings (SSSR count). The van der Waals surface area contributed by atoms with Crippen molar-refractivity contribution in [1.82, 2.24) is 14.8 Å². The summed E-state index contributed by atoms with van der Waals surface area (Å²) in [5, 5.41) is 9.76. The first kappa shape index (κ1) is 22.9. The number of aryl methyl sites for hydroxylation is 2. The van der Waals surface area contributed by atoms with Crippen LogP contribution in [0.25, 0.3) is 5.69 Å². The molecule has 0 saturated carbocycles. The van der Waals surface area contributed by atoms with Crippen LogP contribution in [0, 0.1) is 13.8 Å². The van der Waals surface area contributed by atoms with E-state index in [2.05, 4.69) is 73.8 Å². The average Bonchev–Trinajstić information content (AvgIpc) is 3.03. The van der Waals surface area contributed by atoms with Crippen molar-refractivity contribution in [3.63, 3.8) is 0 Å². The van der Waals surface area contributed by atoms with Gasteiger partial charge in [-0.3, -0.25) is 9.56 Å².